The fourth-order valence-corrected chi connectivity index (χ4v) is 5.62. The van der Waals surface area contributed by atoms with Crippen molar-refractivity contribution >= 4 is 16.8 Å². The number of carbonyl (C=O) groups excluding carboxylic acids is 1. The Bertz CT molecular complexity index is 1350. The molecule has 6 rings (SSSR count). The average molecular weight is 473 g/mol. The minimum Gasteiger partial charge on any atom is -0.497 e. The topological polar surface area (TPSA) is 91.8 Å². The molecule has 0 radical (unpaired) electrons. The quantitative estimate of drug-likeness (QED) is 0.380. The Balaban J connectivity index is 1.35. The van der Waals surface area contributed by atoms with E-state index in [0.717, 1.165) is 45.7 Å². The third kappa shape index (κ3) is 3.66. The number of furan rings is 1. The van der Waals surface area contributed by atoms with Crippen LogP contribution in [-0.2, 0) is 11.2 Å². The number of benzene rings is 2. The molecule has 8 heteroatoms. The van der Waals surface area contributed by atoms with E-state index < -0.39 is 0 Å². The number of methoxy groups -OCH3 is 2. The van der Waals surface area contributed by atoms with Crippen LogP contribution in [0.2, 0.25) is 0 Å². The molecular weight excluding hydrogens is 444 g/mol. The van der Waals surface area contributed by atoms with E-state index in [1.54, 1.807) is 20.5 Å². The molecular formula is C27H28N4O4. The third-order valence-electron chi connectivity index (χ3n) is 7.30. The first-order valence-corrected chi connectivity index (χ1v) is 11.8. The molecule has 2 aromatic heterocycles. The Labute approximate surface area is 203 Å². The number of rotatable bonds is 7. The molecule has 0 saturated carbocycles. The van der Waals surface area contributed by atoms with Crippen molar-refractivity contribution in [1.29, 1.82) is 0 Å². The van der Waals surface area contributed by atoms with Crippen molar-refractivity contribution in [3.05, 3.63) is 83.9 Å². The van der Waals surface area contributed by atoms with Crippen molar-refractivity contribution in [2.24, 2.45) is 5.92 Å². The summed E-state index contributed by atoms with van der Waals surface area (Å²) >= 11 is 0. The molecule has 2 saturated heterocycles. The van der Waals surface area contributed by atoms with E-state index in [1.165, 1.54) is 0 Å². The number of hydrazine groups is 1. The third-order valence-corrected chi connectivity index (χ3v) is 7.30. The van der Waals surface area contributed by atoms with Crippen LogP contribution in [0.4, 0.5) is 0 Å². The molecule has 4 aromatic rings. The molecule has 4 heterocycles. The molecule has 0 spiro atoms. The zero-order chi connectivity index (χ0) is 23.9. The summed E-state index contributed by atoms with van der Waals surface area (Å²) in [5, 5.41) is 1.11. The predicted octanol–water partition coefficient (Wildman–Crippen LogP) is 3.74. The monoisotopic (exact) mass is 472 g/mol. The van der Waals surface area contributed by atoms with E-state index in [2.05, 4.69) is 21.9 Å². The molecule has 35 heavy (non-hydrogen) atoms. The largest absolute Gasteiger partial charge is 0.497 e. The first-order valence-electron chi connectivity index (χ1n) is 11.8. The normalized spacial score (nSPS) is 23.7. The van der Waals surface area contributed by atoms with Crippen LogP contribution in [0.1, 0.15) is 29.0 Å². The smallest absolute Gasteiger partial charge is 0.242 e. The molecule has 8 nitrogen and oxygen atoms in total. The van der Waals surface area contributed by atoms with Crippen molar-refractivity contribution in [3.8, 4) is 11.5 Å². The van der Waals surface area contributed by atoms with E-state index >= 15 is 0 Å². The molecule has 0 bridgehead atoms. The number of likely N-dealkylation sites (tertiary alicyclic amines) is 1. The minimum atomic E-state index is -0.343. The Kier molecular flexibility index (Phi) is 5.47. The molecule has 2 aliphatic rings. The molecule has 2 aliphatic heterocycles. The van der Waals surface area contributed by atoms with Crippen LogP contribution in [0.5, 0.6) is 11.5 Å². The zero-order valence-electron chi connectivity index (χ0n) is 19.7. The van der Waals surface area contributed by atoms with Gasteiger partial charge in [0.15, 0.2) is 0 Å². The van der Waals surface area contributed by atoms with E-state index in [9.17, 15) is 4.79 Å². The number of hydrogen-bond donors (Lipinski definition) is 3. The molecule has 4 unspecified atom stereocenters. The highest BCUT2D eigenvalue weighted by molar-refractivity contribution is 5.87. The summed E-state index contributed by atoms with van der Waals surface area (Å²) in [6.45, 7) is 0.588. The second kappa shape index (κ2) is 8.79. The van der Waals surface area contributed by atoms with Crippen molar-refractivity contribution in [2.75, 3.05) is 20.8 Å². The molecule has 3 N–H and O–H groups in total. The minimum absolute atomic E-state index is 0.0381. The fourth-order valence-electron chi connectivity index (χ4n) is 5.62. The van der Waals surface area contributed by atoms with Gasteiger partial charge in [-0.15, -0.1) is 0 Å². The predicted molar refractivity (Wildman–Crippen MR) is 131 cm³/mol. The van der Waals surface area contributed by atoms with E-state index in [-0.39, 0.29) is 30.0 Å². The lowest BCUT2D eigenvalue weighted by molar-refractivity contribution is -0.130. The van der Waals surface area contributed by atoms with E-state index in [0.29, 0.717) is 6.54 Å². The summed E-state index contributed by atoms with van der Waals surface area (Å²) in [6.07, 6.45) is 4.42. The lowest BCUT2D eigenvalue weighted by Crippen LogP contribution is -2.42. The highest BCUT2D eigenvalue weighted by Crippen LogP contribution is 2.47. The molecule has 2 fully saturated rings. The maximum absolute atomic E-state index is 13.7. The van der Waals surface area contributed by atoms with Gasteiger partial charge in [0.05, 0.1) is 32.6 Å². The SMILES string of the molecule is COc1cccc(C2C3C(NNC3c3ccco3)C(=O)N2CCc2c[nH]c3ccc(OC)cc23)c1. The molecule has 2 aromatic carbocycles. The maximum Gasteiger partial charge on any atom is 0.242 e. The second-order valence-corrected chi connectivity index (χ2v) is 9.07. The number of nitrogens with zero attached hydrogens (tertiary/aromatic N) is 1. The van der Waals surface area contributed by atoms with Crippen molar-refractivity contribution < 1.29 is 18.7 Å². The van der Waals surface area contributed by atoms with Gasteiger partial charge in [-0.2, -0.15) is 0 Å². The molecule has 180 valence electrons. The first kappa shape index (κ1) is 21.8. The number of hydrogen-bond acceptors (Lipinski definition) is 6. The standard InChI is InChI=1S/C27H28N4O4/c1-33-18-6-3-5-16(13-18)26-23-24(22-7-4-12-35-22)29-30-25(23)27(32)31(26)11-10-17-15-28-21-9-8-19(34-2)14-20(17)21/h3-9,12-15,23-26,28-30H,10-11H2,1-2H3. The Morgan fingerprint density at radius 1 is 0.971 bits per heavy atom. The summed E-state index contributed by atoms with van der Waals surface area (Å²) in [4.78, 5) is 19.0. The number of fused-ring (bicyclic) bond motifs is 2. The van der Waals surface area contributed by atoms with Gasteiger partial charge in [0.25, 0.3) is 0 Å². The Morgan fingerprint density at radius 3 is 2.60 bits per heavy atom. The summed E-state index contributed by atoms with van der Waals surface area (Å²) in [7, 11) is 3.33. The molecule has 4 atom stereocenters. The Hall–Kier alpha value is -3.75. The Morgan fingerprint density at radius 2 is 1.80 bits per heavy atom. The lowest BCUT2D eigenvalue weighted by atomic mass is 9.85. The van der Waals surface area contributed by atoms with Crippen LogP contribution in [0.3, 0.4) is 0 Å². The van der Waals surface area contributed by atoms with Gasteiger partial charge in [-0.3, -0.25) is 4.79 Å². The van der Waals surface area contributed by atoms with E-state index in [4.69, 9.17) is 13.9 Å². The second-order valence-electron chi connectivity index (χ2n) is 9.07. The average Bonchev–Trinajstić information content (AvgIpc) is 3.68. The summed E-state index contributed by atoms with van der Waals surface area (Å²) in [5.74, 6) is 2.45. The van der Waals surface area contributed by atoms with Gasteiger partial charge in [-0.25, -0.2) is 10.9 Å². The number of amides is 1. The van der Waals surface area contributed by atoms with Crippen LogP contribution in [0.15, 0.2) is 71.5 Å². The molecule has 1 amide bonds. The van der Waals surface area contributed by atoms with Gasteiger partial charge in [-0.05, 0) is 60.0 Å². The lowest BCUT2D eigenvalue weighted by Gasteiger charge is -2.30. The maximum atomic E-state index is 13.7. The highest BCUT2D eigenvalue weighted by Gasteiger charge is 2.56. The van der Waals surface area contributed by atoms with Gasteiger partial charge in [0.2, 0.25) is 5.91 Å². The van der Waals surface area contributed by atoms with Crippen molar-refractivity contribution in [2.45, 2.75) is 24.5 Å². The summed E-state index contributed by atoms with van der Waals surface area (Å²) in [5.41, 5.74) is 9.81. The highest BCUT2D eigenvalue weighted by atomic mass is 16.5. The van der Waals surface area contributed by atoms with Gasteiger partial charge in [-0.1, -0.05) is 12.1 Å². The van der Waals surface area contributed by atoms with Crippen LogP contribution < -0.4 is 20.3 Å². The number of H-pyrrole nitrogens is 1. The zero-order valence-corrected chi connectivity index (χ0v) is 19.7. The number of carbonyl (C=O) groups is 1. The van der Waals surface area contributed by atoms with Gasteiger partial charge < -0.3 is 23.8 Å². The van der Waals surface area contributed by atoms with Gasteiger partial charge >= 0.3 is 0 Å². The van der Waals surface area contributed by atoms with Crippen molar-refractivity contribution in [1.82, 2.24) is 20.7 Å². The number of aromatic nitrogens is 1. The summed E-state index contributed by atoms with van der Waals surface area (Å²) in [6, 6.07) is 17.2. The van der Waals surface area contributed by atoms with Crippen LogP contribution >= 0.6 is 0 Å². The van der Waals surface area contributed by atoms with Crippen LogP contribution in [0, 0.1) is 5.92 Å². The van der Waals surface area contributed by atoms with E-state index in [1.807, 2.05) is 59.6 Å². The van der Waals surface area contributed by atoms with Crippen LogP contribution in [-0.4, -0.2) is 42.6 Å². The van der Waals surface area contributed by atoms with Gasteiger partial charge in [0, 0.05) is 29.6 Å². The number of aromatic amines is 1. The van der Waals surface area contributed by atoms with Crippen LogP contribution in [0.25, 0.3) is 10.9 Å². The molecule has 0 aliphatic carbocycles. The first-order chi connectivity index (χ1) is 17.2. The van der Waals surface area contributed by atoms with Crippen molar-refractivity contribution in [3.63, 3.8) is 0 Å². The fraction of sp³-hybridized carbons (Fsp3) is 0.296. The van der Waals surface area contributed by atoms with Gasteiger partial charge in [0.1, 0.15) is 23.3 Å². The summed E-state index contributed by atoms with van der Waals surface area (Å²) < 4.78 is 16.7. The number of nitrogens with one attached hydrogen (secondary N) is 3. The number of ether oxygens (including phenoxy) is 2.